The van der Waals surface area contributed by atoms with Gasteiger partial charge in [-0.1, -0.05) is 12.1 Å². The molecule has 1 amide bonds. The molecule has 0 spiro atoms. The van der Waals surface area contributed by atoms with Gasteiger partial charge in [-0.2, -0.15) is 0 Å². The van der Waals surface area contributed by atoms with Gasteiger partial charge >= 0.3 is 0 Å². The van der Waals surface area contributed by atoms with Gasteiger partial charge in [0.1, 0.15) is 5.82 Å². The van der Waals surface area contributed by atoms with E-state index in [9.17, 15) is 9.18 Å². The number of amides is 1. The predicted octanol–water partition coefficient (Wildman–Crippen LogP) is 4.23. The maximum absolute atomic E-state index is 13.6. The Hall–Kier alpha value is -1.20. The molecule has 5 heteroatoms. The molecule has 0 saturated carbocycles. The summed E-state index contributed by atoms with van der Waals surface area (Å²) in [4.78, 5) is 14.1. The van der Waals surface area contributed by atoms with E-state index in [4.69, 9.17) is 0 Å². The maximum atomic E-state index is 13.6. The molecule has 0 unspecified atom stereocenters. The normalized spacial score (nSPS) is 10.4. The molecule has 2 rings (SSSR count). The standard InChI is InChI=1S/C13H11BrFNOS/c1-8-7-11(18-12(8)14)13(17)16(2)10-6-4-3-5-9(10)15/h3-7H,1-2H3. The second-order valence-electron chi connectivity index (χ2n) is 3.88. The molecule has 0 aliphatic carbocycles. The summed E-state index contributed by atoms with van der Waals surface area (Å²) in [5.41, 5.74) is 1.29. The molecule has 0 N–H and O–H groups in total. The van der Waals surface area contributed by atoms with Crippen molar-refractivity contribution in [2.75, 3.05) is 11.9 Å². The number of hydrogen-bond acceptors (Lipinski definition) is 2. The zero-order valence-electron chi connectivity index (χ0n) is 9.91. The quantitative estimate of drug-likeness (QED) is 0.808. The molecule has 2 aromatic rings. The molecule has 2 nitrogen and oxygen atoms in total. The number of nitrogens with zero attached hydrogens (tertiary/aromatic N) is 1. The van der Waals surface area contributed by atoms with Gasteiger partial charge in [0.05, 0.1) is 14.4 Å². The highest BCUT2D eigenvalue weighted by Gasteiger charge is 2.18. The number of benzene rings is 1. The molecule has 1 aromatic heterocycles. The minimum Gasteiger partial charge on any atom is -0.308 e. The lowest BCUT2D eigenvalue weighted by Gasteiger charge is -2.16. The van der Waals surface area contributed by atoms with Crippen LogP contribution in [0.1, 0.15) is 15.2 Å². The third kappa shape index (κ3) is 2.47. The van der Waals surface area contributed by atoms with Crippen LogP contribution in [0.5, 0.6) is 0 Å². The van der Waals surface area contributed by atoms with Gasteiger partial charge in [-0.15, -0.1) is 11.3 Å². The molecule has 0 saturated heterocycles. The van der Waals surface area contributed by atoms with Crippen LogP contribution < -0.4 is 4.90 Å². The van der Waals surface area contributed by atoms with Crippen LogP contribution >= 0.6 is 27.3 Å². The predicted molar refractivity (Wildman–Crippen MR) is 75.9 cm³/mol. The lowest BCUT2D eigenvalue weighted by atomic mass is 10.2. The fourth-order valence-electron chi connectivity index (χ4n) is 1.56. The van der Waals surface area contributed by atoms with Crippen LogP contribution in [0.25, 0.3) is 0 Å². The first-order chi connectivity index (χ1) is 8.50. The van der Waals surface area contributed by atoms with Gasteiger partial charge in [-0.05, 0) is 46.6 Å². The first-order valence-corrected chi connectivity index (χ1v) is 6.90. The van der Waals surface area contributed by atoms with Crippen LogP contribution in [-0.2, 0) is 0 Å². The third-order valence-electron chi connectivity index (χ3n) is 2.59. The highest BCUT2D eigenvalue weighted by atomic mass is 79.9. The fourth-order valence-corrected chi connectivity index (χ4v) is 3.07. The number of rotatable bonds is 2. The minimum absolute atomic E-state index is 0.209. The number of carbonyl (C=O) groups excluding carboxylic acids is 1. The van der Waals surface area contributed by atoms with Gasteiger partial charge < -0.3 is 4.90 Å². The van der Waals surface area contributed by atoms with Crippen molar-refractivity contribution in [3.05, 3.63) is 50.4 Å². The van der Waals surface area contributed by atoms with Crippen LogP contribution in [0.15, 0.2) is 34.1 Å². The molecule has 0 atom stereocenters. The summed E-state index contributed by atoms with van der Waals surface area (Å²) >= 11 is 4.73. The second-order valence-corrected chi connectivity index (χ2v) is 6.25. The average Bonchev–Trinajstić information content (AvgIpc) is 2.68. The number of thiophene rings is 1. The van der Waals surface area contributed by atoms with Gasteiger partial charge in [0, 0.05) is 7.05 Å². The van der Waals surface area contributed by atoms with Crippen molar-refractivity contribution in [2.24, 2.45) is 0 Å². The zero-order chi connectivity index (χ0) is 13.3. The zero-order valence-corrected chi connectivity index (χ0v) is 12.3. The van der Waals surface area contributed by atoms with Crippen molar-refractivity contribution >= 4 is 38.9 Å². The number of aryl methyl sites for hydroxylation is 1. The van der Waals surface area contributed by atoms with Gasteiger partial charge in [-0.3, -0.25) is 4.79 Å². The van der Waals surface area contributed by atoms with Crippen LogP contribution in [0.2, 0.25) is 0 Å². The van der Waals surface area contributed by atoms with E-state index in [1.54, 1.807) is 31.3 Å². The van der Waals surface area contributed by atoms with Gasteiger partial charge in [0.2, 0.25) is 0 Å². The van der Waals surface area contributed by atoms with E-state index in [2.05, 4.69) is 15.9 Å². The topological polar surface area (TPSA) is 20.3 Å². The Bertz CT molecular complexity index is 577. The van der Waals surface area contributed by atoms with Crippen molar-refractivity contribution in [1.29, 1.82) is 0 Å². The summed E-state index contributed by atoms with van der Waals surface area (Å²) in [6.45, 7) is 1.92. The van der Waals surface area contributed by atoms with Crippen molar-refractivity contribution in [3.63, 3.8) is 0 Å². The lowest BCUT2D eigenvalue weighted by molar-refractivity contribution is 0.0996. The number of anilines is 1. The van der Waals surface area contributed by atoms with Crippen molar-refractivity contribution in [1.82, 2.24) is 0 Å². The van der Waals surface area contributed by atoms with Gasteiger partial charge in [0.15, 0.2) is 0 Å². The summed E-state index contributed by atoms with van der Waals surface area (Å²) in [6, 6.07) is 8.03. The Balaban J connectivity index is 2.32. The molecule has 0 aliphatic heterocycles. The maximum Gasteiger partial charge on any atom is 0.268 e. The Morgan fingerprint density at radius 3 is 2.61 bits per heavy atom. The van der Waals surface area contributed by atoms with E-state index >= 15 is 0 Å². The molecule has 94 valence electrons. The van der Waals surface area contributed by atoms with E-state index in [0.29, 0.717) is 4.88 Å². The molecular weight excluding hydrogens is 317 g/mol. The molecule has 1 heterocycles. The summed E-state index contributed by atoms with van der Waals surface area (Å²) < 4.78 is 14.5. The summed E-state index contributed by atoms with van der Waals surface area (Å²) in [7, 11) is 1.57. The van der Waals surface area contributed by atoms with E-state index in [0.717, 1.165) is 9.35 Å². The number of para-hydroxylation sites is 1. The highest BCUT2D eigenvalue weighted by molar-refractivity contribution is 9.11. The number of halogens is 2. The summed E-state index contributed by atoms with van der Waals surface area (Å²) in [5.74, 6) is -0.611. The van der Waals surface area contributed by atoms with E-state index < -0.39 is 5.82 Å². The van der Waals surface area contributed by atoms with E-state index in [1.807, 2.05) is 6.92 Å². The lowest BCUT2D eigenvalue weighted by Crippen LogP contribution is -2.26. The van der Waals surface area contributed by atoms with Gasteiger partial charge in [-0.25, -0.2) is 4.39 Å². The van der Waals surface area contributed by atoms with E-state index in [-0.39, 0.29) is 11.6 Å². The van der Waals surface area contributed by atoms with Crippen molar-refractivity contribution in [3.8, 4) is 0 Å². The molecule has 18 heavy (non-hydrogen) atoms. The van der Waals surface area contributed by atoms with Crippen LogP contribution in [0.3, 0.4) is 0 Å². The Labute approximate surface area is 117 Å². The van der Waals surface area contributed by atoms with Crippen LogP contribution in [-0.4, -0.2) is 13.0 Å². The molecule has 0 fully saturated rings. The minimum atomic E-state index is -0.402. The number of hydrogen-bond donors (Lipinski definition) is 0. The Morgan fingerprint density at radius 2 is 2.06 bits per heavy atom. The first-order valence-electron chi connectivity index (χ1n) is 5.29. The number of carbonyl (C=O) groups is 1. The van der Waals surface area contributed by atoms with E-state index in [1.165, 1.54) is 22.3 Å². The summed E-state index contributed by atoms with van der Waals surface area (Å²) in [5, 5.41) is 0. The Kier molecular flexibility index (Phi) is 3.82. The monoisotopic (exact) mass is 327 g/mol. The van der Waals surface area contributed by atoms with Crippen LogP contribution in [0.4, 0.5) is 10.1 Å². The molecule has 0 aliphatic rings. The molecule has 1 aromatic carbocycles. The largest absolute Gasteiger partial charge is 0.308 e. The van der Waals surface area contributed by atoms with Crippen molar-refractivity contribution in [2.45, 2.75) is 6.92 Å². The smallest absolute Gasteiger partial charge is 0.268 e. The Morgan fingerprint density at radius 1 is 1.39 bits per heavy atom. The summed E-state index contributed by atoms with van der Waals surface area (Å²) in [6.07, 6.45) is 0. The van der Waals surface area contributed by atoms with Crippen molar-refractivity contribution < 1.29 is 9.18 Å². The third-order valence-corrected chi connectivity index (χ3v) is 4.71. The van der Waals surface area contributed by atoms with Gasteiger partial charge in [0.25, 0.3) is 5.91 Å². The molecular formula is C13H11BrFNOS. The SMILES string of the molecule is Cc1cc(C(=O)N(C)c2ccccc2F)sc1Br. The highest BCUT2D eigenvalue weighted by Crippen LogP contribution is 2.29. The fraction of sp³-hybridized carbons (Fsp3) is 0.154. The van der Waals surface area contributed by atoms with Crippen LogP contribution in [0, 0.1) is 12.7 Å². The first kappa shape index (κ1) is 13.2. The molecule has 0 bridgehead atoms. The molecule has 0 radical (unpaired) electrons. The average molecular weight is 328 g/mol. The second kappa shape index (κ2) is 5.20.